The molecule has 1 rings (SSSR count). The van der Waals surface area contributed by atoms with Gasteiger partial charge in [0.05, 0.1) is 0 Å². The third-order valence-corrected chi connectivity index (χ3v) is 2.31. The molecule has 6 heteroatoms. The molecule has 2 N–H and O–H groups in total. The Morgan fingerprint density at radius 3 is 2.76 bits per heavy atom. The summed E-state index contributed by atoms with van der Waals surface area (Å²) in [6.45, 7) is 0.494. The number of hydrogen-bond donors (Lipinski definition) is 2. The largest absolute Gasteiger partial charge is 0.477 e. The highest BCUT2D eigenvalue weighted by molar-refractivity contribution is 5.86. The molecule has 1 aromatic rings. The van der Waals surface area contributed by atoms with E-state index in [-0.39, 0.29) is 11.5 Å². The number of nitrogens with zero attached hydrogens (tertiary/aromatic N) is 1. The number of carbonyl (C=O) groups excluding carboxylic acids is 1. The van der Waals surface area contributed by atoms with Crippen molar-refractivity contribution in [2.45, 2.75) is 19.4 Å². The summed E-state index contributed by atoms with van der Waals surface area (Å²) in [6.07, 6.45) is 3.75. The molecule has 0 saturated heterocycles. The predicted molar refractivity (Wildman–Crippen MR) is 61.0 cm³/mol. The minimum Gasteiger partial charge on any atom is -0.477 e. The molecule has 0 aliphatic heterocycles. The second kappa shape index (κ2) is 5.83. The van der Waals surface area contributed by atoms with E-state index >= 15 is 0 Å². The van der Waals surface area contributed by atoms with E-state index in [9.17, 15) is 14.4 Å². The van der Waals surface area contributed by atoms with Gasteiger partial charge in [-0.15, -0.1) is 0 Å². The Morgan fingerprint density at radius 1 is 1.47 bits per heavy atom. The SMILES string of the molecule is CNC(=O)CCCn1ccc(=O)c(C(=O)O)c1. The Bertz CT molecular complexity index is 479. The third kappa shape index (κ3) is 3.75. The molecular weight excluding hydrogens is 224 g/mol. The molecule has 0 unspecified atom stereocenters. The van der Waals surface area contributed by atoms with E-state index in [1.54, 1.807) is 11.6 Å². The lowest BCUT2D eigenvalue weighted by molar-refractivity contribution is -0.120. The van der Waals surface area contributed by atoms with E-state index in [0.29, 0.717) is 19.4 Å². The zero-order valence-electron chi connectivity index (χ0n) is 9.47. The highest BCUT2D eigenvalue weighted by Crippen LogP contribution is 1.98. The fraction of sp³-hybridized carbons (Fsp3) is 0.364. The van der Waals surface area contributed by atoms with Crippen molar-refractivity contribution in [2.75, 3.05) is 7.05 Å². The van der Waals surface area contributed by atoms with Crippen LogP contribution in [0.1, 0.15) is 23.2 Å². The number of aryl methyl sites for hydroxylation is 1. The lowest BCUT2D eigenvalue weighted by Crippen LogP contribution is -2.19. The van der Waals surface area contributed by atoms with Crippen LogP contribution >= 0.6 is 0 Å². The van der Waals surface area contributed by atoms with Crippen LogP contribution in [0.5, 0.6) is 0 Å². The number of nitrogens with one attached hydrogen (secondary N) is 1. The van der Waals surface area contributed by atoms with Crippen molar-refractivity contribution in [3.63, 3.8) is 0 Å². The van der Waals surface area contributed by atoms with Gasteiger partial charge < -0.3 is 15.0 Å². The molecule has 1 aromatic heterocycles. The van der Waals surface area contributed by atoms with Crippen LogP contribution in [0.3, 0.4) is 0 Å². The zero-order valence-corrected chi connectivity index (χ0v) is 9.47. The van der Waals surface area contributed by atoms with Crippen molar-refractivity contribution in [1.82, 2.24) is 9.88 Å². The summed E-state index contributed by atoms with van der Waals surface area (Å²) in [5, 5.41) is 11.3. The van der Waals surface area contributed by atoms with Gasteiger partial charge in [-0.2, -0.15) is 0 Å². The molecule has 0 bridgehead atoms. The van der Waals surface area contributed by atoms with Gasteiger partial charge in [-0.1, -0.05) is 0 Å². The molecule has 1 amide bonds. The number of amides is 1. The van der Waals surface area contributed by atoms with E-state index in [2.05, 4.69) is 5.32 Å². The van der Waals surface area contributed by atoms with Crippen LogP contribution in [0.15, 0.2) is 23.3 Å². The molecule has 0 saturated carbocycles. The van der Waals surface area contributed by atoms with Crippen LogP contribution in [-0.2, 0) is 11.3 Å². The van der Waals surface area contributed by atoms with Crippen molar-refractivity contribution >= 4 is 11.9 Å². The molecule has 1 heterocycles. The van der Waals surface area contributed by atoms with Gasteiger partial charge in [-0.25, -0.2) is 4.79 Å². The lowest BCUT2D eigenvalue weighted by Gasteiger charge is -2.06. The molecule has 92 valence electrons. The van der Waals surface area contributed by atoms with Crippen LogP contribution in [0.25, 0.3) is 0 Å². The normalized spacial score (nSPS) is 9.94. The highest BCUT2D eigenvalue weighted by Gasteiger charge is 2.08. The van der Waals surface area contributed by atoms with Crippen LogP contribution in [0.2, 0.25) is 0 Å². The molecule has 0 aromatic carbocycles. The quantitative estimate of drug-likeness (QED) is 0.760. The maximum atomic E-state index is 11.2. The summed E-state index contributed by atoms with van der Waals surface area (Å²) < 4.78 is 1.59. The van der Waals surface area contributed by atoms with Gasteiger partial charge in [-0.05, 0) is 6.42 Å². The molecule has 0 aliphatic rings. The number of carboxylic acids is 1. The standard InChI is InChI=1S/C11H14N2O4/c1-12-10(15)3-2-5-13-6-4-9(14)8(7-13)11(16)17/h4,6-7H,2-3,5H2,1H3,(H,12,15)(H,16,17). The first-order valence-electron chi connectivity index (χ1n) is 5.18. The number of aromatic nitrogens is 1. The van der Waals surface area contributed by atoms with Crippen molar-refractivity contribution in [3.05, 3.63) is 34.2 Å². The third-order valence-electron chi connectivity index (χ3n) is 2.31. The van der Waals surface area contributed by atoms with Gasteiger partial charge >= 0.3 is 5.97 Å². The summed E-state index contributed by atoms with van der Waals surface area (Å²) in [4.78, 5) is 32.9. The molecular formula is C11H14N2O4. The first-order valence-corrected chi connectivity index (χ1v) is 5.18. The molecule has 6 nitrogen and oxygen atoms in total. The van der Waals surface area contributed by atoms with Gasteiger partial charge in [0.2, 0.25) is 5.91 Å². The molecule has 0 aliphatic carbocycles. The smallest absolute Gasteiger partial charge is 0.341 e. The summed E-state index contributed by atoms with van der Waals surface area (Å²) >= 11 is 0. The van der Waals surface area contributed by atoms with Crippen molar-refractivity contribution in [2.24, 2.45) is 0 Å². The topological polar surface area (TPSA) is 88.4 Å². The first kappa shape index (κ1) is 13.0. The van der Waals surface area contributed by atoms with E-state index in [1.165, 1.54) is 18.5 Å². The van der Waals surface area contributed by atoms with Crippen LogP contribution in [0.4, 0.5) is 0 Å². The van der Waals surface area contributed by atoms with Crippen molar-refractivity contribution in [1.29, 1.82) is 0 Å². The fourth-order valence-electron chi connectivity index (χ4n) is 1.37. The molecule has 0 spiro atoms. The molecule has 0 atom stereocenters. The van der Waals surface area contributed by atoms with Crippen LogP contribution < -0.4 is 10.7 Å². The minimum absolute atomic E-state index is 0.0653. The van der Waals surface area contributed by atoms with Gasteiger partial charge in [-0.3, -0.25) is 9.59 Å². The van der Waals surface area contributed by atoms with Crippen LogP contribution in [-0.4, -0.2) is 28.6 Å². The number of aromatic carboxylic acids is 1. The Balaban J connectivity index is 2.67. The maximum absolute atomic E-state index is 11.2. The molecule has 0 fully saturated rings. The van der Waals surface area contributed by atoms with Gasteiger partial charge in [0.1, 0.15) is 5.56 Å². The molecule has 17 heavy (non-hydrogen) atoms. The van der Waals surface area contributed by atoms with E-state index in [0.717, 1.165) is 0 Å². The minimum atomic E-state index is -1.24. The van der Waals surface area contributed by atoms with Crippen molar-refractivity contribution < 1.29 is 14.7 Å². The average Bonchev–Trinajstić information content (AvgIpc) is 2.30. The number of carboxylic acid groups (broad SMARTS) is 1. The first-order chi connectivity index (χ1) is 8.04. The highest BCUT2D eigenvalue weighted by atomic mass is 16.4. The maximum Gasteiger partial charge on any atom is 0.341 e. The predicted octanol–water partition coefficient (Wildman–Crippen LogP) is 0.0727. The Labute approximate surface area is 97.9 Å². The van der Waals surface area contributed by atoms with Crippen molar-refractivity contribution in [3.8, 4) is 0 Å². The summed E-state index contributed by atoms with van der Waals surface area (Å²) in [7, 11) is 1.56. The second-order valence-corrected chi connectivity index (χ2v) is 3.54. The van der Waals surface area contributed by atoms with E-state index in [4.69, 9.17) is 5.11 Å². The lowest BCUT2D eigenvalue weighted by atomic mass is 10.2. The number of rotatable bonds is 5. The summed E-state index contributed by atoms with van der Waals surface area (Å²) in [5.41, 5.74) is -0.771. The summed E-state index contributed by atoms with van der Waals surface area (Å²) in [5.74, 6) is -1.31. The average molecular weight is 238 g/mol. The summed E-state index contributed by atoms with van der Waals surface area (Å²) in [6, 6.07) is 1.21. The van der Waals surface area contributed by atoms with Crippen LogP contribution in [0, 0.1) is 0 Å². The van der Waals surface area contributed by atoms with Gasteiger partial charge in [0, 0.05) is 38.5 Å². The molecule has 0 radical (unpaired) electrons. The number of hydrogen-bond acceptors (Lipinski definition) is 3. The van der Waals surface area contributed by atoms with E-state index in [1.807, 2.05) is 0 Å². The van der Waals surface area contributed by atoms with E-state index < -0.39 is 11.4 Å². The van der Waals surface area contributed by atoms with Gasteiger partial charge in [0.15, 0.2) is 5.43 Å². The second-order valence-electron chi connectivity index (χ2n) is 3.54. The Hall–Kier alpha value is -2.11. The van der Waals surface area contributed by atoms with Gasteiger partial charge in [0.25, 0.3) is 0 Å². The zero-order chi connectivity index (χ0) is 12.8. The number of carbonyl (C=O) groups is 2. The number of pyridine rings is 1. The fourth-order valence-corrected chi connectivity index (χ4v) is 1.37. The Morgan fingerprint density at radius 2 is 2.18 bits per heavy atom. The Kier molecular flexibility index (Phi) is 4.45. The monoisotopic (exact) mass is 238 g/mol.